The Morgan fingerprint density at radius 3 is 3.14 bits per heavy atom. The highest BCUT2D eigenvalue weighted by Gasteiger charge is 2.23. The normalized spacial score (nSPS) is 18.7. The number of para-hydroxylation sites is 1. The Balaban J connectivity index is 2.07. The maximum Gasteiger partial charge on any atom is 0.317 e. The van der Waals surface area contributed by atoms with Crippen molar-refractivity contribution in [3.63, 3.8) is 0 Å². The summed E-state index contributed by atoms with van der Waals surface area (Å²) in [4.78, 5) is 10.4. The van der Waals surface area contributed by atoms with Crippen LogP contribution in [0.5, 0.6) is 5.75 Å². The van der Waals surface area contributed by atoms with E-state index in [0.717, 1.165) is 11.3 Å². The Morgan fingerprint density at radius 2 is 2.36 bits per heavy atom. The lowest BCUT2D eigenvalue weighted by Crippen LogP contribution is -2.28. The number of aliphatic carboxylic acids is 1. The smallest absolute Gasteiger partial charge is 0.317 e. The highest BCUT2D eigenvalue weighted by molar-refractivity contribution is 5.69. The summed E-state index contributed by atoms with van der Waals surface area (Å²) < 4.78 is 5.39. The fourth-order valence-electron chi connectivity index (χ4n) is 1.54. The van der Waals surface area contributed by atoms with Gasteiger partial charge in [0.15, 0.2) is 0 Å². The van der Waals surface area contributed by atoms with E-state index in [9.17, 15) is 4.79 Å². The lowest BCUT2D eigenvalue weighted by molar-refractivity contribution is -0.136. The number of hydrogen-bond donors (Lipinski definition) is 2. The molecule has 0 radical (unpaired) electrons. The minimum Gasteiger partial charge on any atom is -0.491 e. The number of hydrogen-bond acceptors (Lipinski definition) is 3. The third-order valence-corrected chi connectivity index (χ3v) is 2.20. The van der Waals surface area contributed by atoms with Crippen LogP contribution in [0.4, 0.5) is 0 Å². The van der Waals surface area contributed by atoms with Crippen LogP contribution in [0, 0.1) is 0 Å². The van der Waals surface area contributed by atoms with Crippen LogP contribution in [0.2, 0.25) is 0 Å². The monoisotopic (exact) mass is 193 g/mol. The van der Waals surface area contributed by atoms with Gasteiger partial charge in [0.25, 0.3) is 0 Å². The molecule has 1 aliphatic heterocycles. The lowest BCUT2D eigenvalue weighted by Gasteiger charge is -2.08. The first-order valence-corrected chi connectivity index (χ1v) is 4.44. The van der Waals surface area contributed by atoms with Gasteiger partial charge in [-0.3, -0.25) is 10.1 Å². The van der Waals surface area contributed by atoms with Crippen molar-refractivity contribution in [3.8, 4) is 5.75 Å². The summed E-state index contributed by atoms with van der Waals surface area (Å²) in [6.07, 6.45) is 0. The zero-order valence-corrected chi connectivity index (χ0v) is 7.56. The van der Waals surface area contributed by atoms with Crippen molar-refractivity contribution in [1.82, 2.24) is 5.32 Å². The van der Waals surface area contributed by atoms with Crippen molar-refractivity contribution >= 4 is 5.97 Å². The number of ether oxygens (including phenoxy) is 1. The SMILES string of the molecule is O=C(O)CNC1COc2ccccc21. The molecule has 0 bridgehead atoms. The van der Waals surface area contributed by atoms with E-state index in [2.05, 4.69) is 5.32 Å². The number of carboxylic acids is 1. The first-order valence-electron chi connectivity index (χ1n) is 4.44. The van der Waals surface area contributed by atoms with Gasteiger partial charge in [0.1, 0.15) is 12.4 Å². The molecule has 1 unspecified atom stereocenters. The summed E-state index contributed by atoms with van der Waals surface area (Å²) in [6.45, 7) is 0.467. The molecule has 0 amide bonds. The van der Waals surface area contributed by atoms with Gasteiger partial charge >= 0.3 is 5.97 Å². The standard InChI is InChI=1S/C10H11NO3/c12-10(13)5-11-8-6-14-9-4-2-1-3-7(8)9/h1-4,8,11H,5-6H2,(H,12,13). The fourth-order valence-corrected chi connectivity index (χ4v) is 1.54. The number of rotatable bonds is 3. The van der Waals surface area contributed by atoms with Crippen LogP contribution >= 0.6 is 0 Å². The second-order valence-corrected chi connectivity index (χ2v) is 3.18. The van der Waals surface area contributed by atoms with Gasteiger partial charge in [-0.15, -0.1) is 0 Å². The molecule has 4 heteroatoms. The summed E-state index contributed by atoms with van der Waals surface area (Å²) in [6, 6.07) is 7.66. The van der Waals surface area contributed by atoms with E-state index >= 15 is 0 Å². The maximum absolute atomic E-state index is 10.4. The summed E-state index contributed by atoms with van der Waals surface area (Å²) in [7, 11) is 0. The first kappa shape index (κ1) is 9.02. The minimum atomic E-state index is -0.852. The van der Waals surface area contributed by atoms with E-state index in [4.69, 9.17) is 9.84 Å². The molecule has 0 fully saturated rings. The van der Waals surface area contributed by atoms with E-state index < -0.39 is 5.97 Å². The minimum absolute atomic E-state index is 0.00213. The van der Waals surface area contributed by atoms with Crippen molar-refractivity contribution in [1.29, 1.82) is 0 Å². The molecule has 14 heavy (non-hydrogen) atoms. The number of carbonyl (C=O) groups is 1. The fraction of sp³-hybridized carbons (Fsp3) is 0.300. The molecule has 0 aliphatic carbocycles. The lowest BCUT2D eigenvalue weighted by atomic mass is 10.1. The van der Waals surface area contributed by atoms with Crippen molar-refractivity contribution < 1.29 is 14.6 Å². The van der Waals surface area contributed by atoms with Crippen molar-refractivity contribution in [3.05, 3.63) is 29.8 Å². The molecule has 1 aliphatic rings. The molecule has 0 aromatic heterocycles. The van der Waals surface area contributed by atoms with Gasteiger partial charge in [-0.1, -0.05) is 18.2 Å². The predicted octanol–water partition coefficient (Wildman–Crippen LogP) is 0.794. The number of nitrogens with one attached hydrogen (secondary N) is 1. The van der Waals surface area contributed by atoms with Gasteiger partial charge in [-0.05, 0) is 6.07 Å². The molecular formula is C10H11NO3. The predicted molar refractivity (Wildman–Crippen MR) is 50.3 cm³/mol. The number of benzene rings is 1. The van der Waals surface area contributed by atoms with Crippen LogP contribution in [0.1, 0.15) is 11.6 Å². The summed E-state index contributed by atoms with van der Waals surface area (Å²) in [5.41, 5.74) is 1.04. The highest BCUT2D eigenvalue weighted by Crippen LogP contribution is 2.31. The Kier molecular flexibility index (Phi) is 2.37. The van der Waals surface area contributed by atoms with Gasteiger partial charge in [-0.2, -0.15) is 0 Å². The molecule has 1 aromatic rings. The average Bonchev–Trinajstić information content (AvgIpc) is 2.58. The second-order valence-electron chi connectivity index (χ2n) is 3.18. The number of fused-ring (bicyclic) bond motifs is 1. The topological polar surface area (TPSA) is 58.6 Å². The summed E-state index contributed by atoms with van der Waals surface area (Å²) >= 11 is 0. The molecule has 0 saturated heterocycles. The van der Waals surface area contributed by atoms with E-state index in [1.54, 1.807) is 0 Å². The molecule has 1 atom stereocenters. The van der Waals surface area contributed by atoms with Gasteiger partial charge in [0, 0.05) is 5.56 Å². The molecular weight excluding hydrogens is 182 g/mol. The first-order chi connectivity index (χ1) is 6.77. The van der Waals surface area contributed by atoms with Crippen LogP contribution in [-0.4, -0.2) is 24.2 Å². The van der Waals surface area contributed by atoms with Crippen molar-refractivity contribution in [2.45, 2.75) is 6.04 Å². The maximum atomic E-state index is 10.4. The van der Waals surface area contributed by atoms with E-state index in [1.165, 1.54) is 0 Å². The zero-order valence-electron chi connectivity index (χ0n) is 7.56. The van der Waals surface area contributed by atoms with Gasteiger partial charge in [0.2, 0.25) is 0 Å². The van der Waals surface area contributed by atoms with Crippen LogP contribution < -0.4 is 10.1 Å². The largest absolute Gasteiger partial charge is 0.491 e. The Hall–Kier alpha value is -1.55. The zero-order chi connectivity index (χ0) is 9.97. The summed E-state index contributed by atoms with van der Waals surface area (Å²) in [5.74, 6) is -0.00947. The molecule has 0 saturated carbocycles. The Bertz CT molecular complexity index is 351. The molecule has 2 rings (SSSR count). The molecule has 74 valence electrons. The van der Waals surface area contributed by atoms with E-state index in [1.807, 2.05) is 24.3 Å². The number of carboxylic acid groups (broad SMARTS) is 1. The summed E-state index contributed by atoms with van der Waals surface area (Å²) in [5, 5.41) is 11.4. The van der Waals surface area contributed by atoms with Crippen molar-refractivity contribution in [2.75, 3.05) is 13.2 Å². The van der Waals surface area contributed by atoms with E-state index in [-0.39, 0.29) is 12.6 Å². The second kappa shape index (κ2) is 3.67. The molecule has 1 aromatic carbocycles. The van der Waals surface area contributed by atoms with Crippen LogP contribution in [0.15, 0.2) is 24.3 Å². The van der Waals surface area contributed by atoms with Crippen molar-refractivity contribution in [2.24, 2.45) is 0 Å². The third kappa shape index (κ3) is 1.70. The quantitative estimate of drug-likeness (QED) is 0.745. The molecule has 1 heterocycles. The Labute approximate surface area is 81.5 Å². The van der Waals surface area contributed by atoms with E-state index in [0.29, 0.717) is 6.61 Å². The van der Waals surface area contributed by atoms with Gasteiger partial charge in [-0.25, -0.2) is 0 Å². The molecule has 0 spiro atoms. The molecule has 2 N–H and O–H groups in total. The highest BCUT2D eigenvalue weighted by atomic mass is 16.5. The average molecular weight is 193 g/mol. The van der Waals surface area contributed by atoms with Crippen LogP contribution in [0.25, 0.3) is 0 Å². The van der Waals surface area contributed by atoms with Crippen LogP contribution in [-0.2, 0) is 4.79 Å². The molecule has 4 nitrogen and oxygen atoms in total. The van der Waals surface area contributed by atoms with Crippen LogP contribution in [0.3, 0.4) is 0 Å². The van der Waals surface area contributed by atoms with Gasteiger partial charge < -0.3 is 9.84 Å². The van der Waals surface area contributed by atoms with Gasteiger partial charge in [0.05, 0.1) is 12.6 Å². The third-order valence-electron chi connectivity index (χ3n) is 2.20. The Morgan fingerprint density at radius 1 is 1.57 bits per heavy atom.